The number of benzene rings is 2. The van der Waals surface area contributed by atoms with Gasteiger partial charge in [0.1, 0.15) is 11.5 Å². The molecule has 4 rings (SSSR count). The first-order chi connectivity index (χ1) is 14.0. The van der Waals surface area contributed by atoms with Gasteiger partial charge >= 0.3 is 0 Å². The summed E-state index contributed by atoms with van der Waals surface area (Å²) in [5, 5.41) is 0.634. The SMILES string of the molecule is CCOc1ccc2nc(SCC(=O)N3CC(C(N)=O)Oc4ccccc43)[nH]c2c1. The highest BCUT2D eigenvalue weighted by Crippen LogP contribution is 2.34. The number of nitrogens with two attached hydrogens (primary N) is 1. The van der Waals surface area contributed by atoms with Gasteiger partial charge in [-0.25, -0.2) is 4.98 Å². The Balaban J connectivity index is 1.49. The van der Waals surface area contributed by atoms with Gasteiger partial charge in [0.15, 0.2) is 11.3 Å². The molecule has 1 aliphatic rings. The van der Waals surface area contributed by atoms with Crippen molar-refractivity contribution < 1.29 is 19.1 Å². The number of carbonyl (C=O) groups is 2. The first kappa shape index (κ1) is 19.1. The minimum absolute atomic E-state index is 0.0869. The van der Waals surface area contributed by atoms with Crippen LogP contribution in [0.5, 0.6) is 11.5 Å². The molecule has 3 aromatic rings. The van der Waals surface area contributed by atoms with Crippen molar-refractivity contribution in [1.29, 1.82) is 0 Å². The van der Waals surface area contributed by atoms with Crippen LogP contribution in [0.25, 0.3) is 11.0 Å². The Labute approximate surface area is 171 Å². The summed E-state index contributed by atoms with van der Waals surface area (Å²) in [5.41, 5.74) is 7.67. The Kier molecular flexibility index (Phi) is 5.30. The number of carbonyl (C=O) groups excluding carboxylic acids is 2. The number of H-pyrrole nitrogens is 1. The summed E-state index contributed by atoms with van der Waals surface area (Å²) in [7, 11) is 0. The molecule has 0 spiro atoms. The number of imidazole rings is 1. The van der Waals surface area contributed by atoms with Crippen molar-refractivity contribution >= 4 is 40.3 Å². The summed E-state index contributed by atoms with van der Waals surface area (Å²) in [4.78, 5) is 33.7. The molecule has 1 aromatic heterocycles. The van der Waals surface area contributed by atoms with E-state index in [2.05, 4.69) is 9.97 Å². The molecule has 1 atom stereocenters. The van der Waals surface area contributed by atoms with Crippen molar-refractivity contribution in [2.75, 3.05) is 23.8 Å². The number of ether oxygens (including phenoxy) is 2. The van der Waals surface area contributed by atoms with Crippen molar-refractivity contribution in [1.82, 2.24) is 9.97 Å². The fourth-order valence-corrected chi connectivity index (χ4v) is 3.88. The molecular weight excluding hydrogens is 392 g/mol. The van der Waals surface area contributed by atoms with Crippen LogP contribution in [0, 0.1) is 0 Å². The van der Waals surface area contributed by atoms with Crippen molar-refractivity contribution in [3.05, 3.63) is 42.5 Å². The lowest BCUT2D eigenvalue weighted by atomic mass is 10.2. The molecule has 1 unspecified atom stereocenters. The van der Waals surface area contributed by atoms with E-state index in [1.54, 1.807) is 18.2 Å². The topological polar surface area (TPSA) is 111 Å². The molecule has 0 bridgehead atoms. The zero-order chi connectivity index (χ0) is 20.4. The number of aromatic amines is 1. The predicted octanol–water partition coefficient (Wildman–Crippen LogP) is 2.33. The molecule has 3 N–H and O–H groups in total. The van der Waals surface area contributed by atoms with E-state index in [-0.39, 0.29) is 18.2 Å². The van der Waals surface area contributed by atoms with E-state index in [9.17, 15) is 9.59 Å². The third kappa shape index (κ3) is 4.00. The lowest BCUT2D eigenvalue weighted by molar-refractivity contribution is -0.125. The summed E-state index contributed by atoms with van der Waals surface area (Å²) in [6, 6.07) is 12.7. The van der Waals surface area contributed by atoms with E-state index >= 15 is 0 Å². The fourth-order valence-electron chi connectivity index (χ4n) is 3.12. The summed E-state index contributed by atoms with van der Waals surface area (Å²) >= 11 is 1.30. The molecule has 0 fully saturated rings. The molecule has 1 aliphatic heterocycles. The number of para-hydroxylation sites is 2. The largest absolute Gasteiger partial charge is 0.494 e. The van der Waals surface area contributed by atoms with Crippen molar-refractivity contribution in [3.63, 3.8) is 0 Å². The molecule has 150 valence electrons. The molecule has 2 aromatic carbocycles. The first-order valence-corrected chi connectivity index (χ1v) is 10.1. The number of hydrogen-bond donors (Lipinski definition) is 2. The van der Waals surface area contributed by atoms with Gasteiger partial charge in [-0.3, -0.25) is 9.59 Å². The Morgan fingerprint density at radius 3 is 2.97 bits per heavy atom. The van der Waals surface area contributed by atoms with Gasteiger partial charge in [0.05, 0.1) is 35.6 Å². The lowest BCUT2D eigenvalue weighted by Crippen LogP contribution is -2.49. The fraction of sp³-hybridized carbons (Fsp3) is 0.250. The van der Waals surface area contributed by atoms with E-state index < -0.39 is 12.0 Å². The number of nitrogens with one attached hydrogen (secondary N) is 1. The van der Waals surface area contributed by atoms with Crippen molar-refractivity contribution in [3.8, 4) is 11.5 Å². The normalized spacial score (nSPS) is 15.6. The van der Waals surface area contributed by atoms with E-state index in [0.717, 1.165) is 16.8 Å². The van der Waals surface area contributed by atoms with Crippen LogP contribution < -0.4 is 20.1 Å². The third-order valence-electron chi connectivity index (χ3n) is 4.47. The standard InChI is InChI=1S/C20H20N4O4S/c1-2-27-12-7-8-13-14(9-12)23-20(22-13)29-11-18(25)24-10-17(19(21)26)28-16-6-4-3-5-15(16)24/h3-9,17H,2,10-11H2,1H3,(H2,21,26)(H,22,23). The highest BCUT2D eigenvalue weighted by molar-refractivity contribution is 7.99. The minimum atomic E-state index is -0.873. The molecular formula is C20H20N4O4S. The quantitative estimate of drug-likeness (QED) is 0.601. The number of rotatable bonds is 6. The molecule has 0 aliphatic carbocycles. The highest BCUT2D eigenvalue weighted by atomic mass is 32.2. The minimum Gasteiger partial charge on any atom is -0.494 e. The second kappa shape index (κ2) is 8.04. The van der Waals surface area contributed by atoms with Crippen LogP contribution in [-0.2, 0) is 9.59 Å². The molecule has 0 radical (unpaired) electrons. The number of amides is 2. The van der Waals surface area contributed by atoms with Gasteiger partial charge in [-0.2, -0.15) is 0 Å². The third-order valence-corrected chi connectivity index (χ3v) is 5.33. The molecule has 0 saturated carbocycles. The van der Waals surface area contributed by atoms with Crippen LogP contribution in [0.15, 0.2) is 47.6 Å². The van der Waals surface area contributed by atoms with Crippen molar-refractivity contribution in [2.24, 2.45) is 5.73 Å². The number of anilines is 1. The number of fused-ring (bicyclic) bond motifs is 2. The van der Waals surface area contributed by atoms with Gasteiger partial charge in [-0.15, -0.1) is 0 Å². The van der Waals surface area contributed by atoms with Gasteiger partial charge in [-0.1, -0.05) is 23.9 Å². The van der Waals surface area contributed by atoms with Crippen LogP contribution >= 0.6 is 11.8 Å². The monoisotopic (exact) mass is 412 g/mol. The zero-order valence-corrected chi connectivity index (χ0v) is 16.6. The highest BCUT2D eigenvalue weighted by Gasteiger charge is 2.32. The molecule has 0 saturated heterocycles. The first-order valence-electron chi connectivity index (χ1n) is 9.16. The van der Waals surface area contributed by atoms with E-state index in [1.807, 2.05) is 31.2 Å². The number of hydrogen-bond acceptors (Lipinski definition) is 6. The molecule has 9 heteroatoms. The van der Waals surface area contributed by atoms with Gasteiger partial charge in [0, 0.05) is 6.07 Å². The lowest BCUT2D eigenvalue weighted by Gasteiger charge is -2.33. The van der Waals surface area contributed by atoms with Crippen LogP contribution in [0.1, 0.15) is 6.92 Å². The predicted molar refractivity (Wildman–Crippen MR) is 110 cm³/mol. The molecule has 2 heterocycles. The van der Waals surface area contributed by atoms with E-state index in [4.69, 9.17) is 15.2 Å². The number of aromatic nitrogens is 2. The summed E-state index contributed by atoms with van der Waals surface area (Å²) < 4.78 is 11.1. The zero-order valence-electron chi connectivity index (χ0n) is 15.8. The maximum absolute atomic E-state index is 12.9. The van der Waals surface area contributed by atoms with Crippen molar-refractivity contribution in [2.45, 2.75) is 18.2 Å². The average molecular weight is 412 g/mol. The summed E-state index contributed by atoms with van der Waals surface area (Å²) in [6.45, 7) is 2.60. The van der Waals surface area contributed by atoms with Gasteiger partial charge in [0.2, 0.25) is 5.91 Å². The van der Waals surface area contributed by atoms with Gasteiger partial charge in [0.25, 0.3) is 5.91 Å². The van der Waals surface area contributed by atoms with Crippen LogP contribution in [-0.4, -0.2) is 46.8 Å². The maximum atomic E-state index is 12.9. The Morgan fingerprint density at radius 1 is 1.34 bits per heavy atom. The van der Waals surface area contributed by atoms with E-state index in [1.165, 1.54) is 16.7 Å². The second-order valence-corrected chi connectivity index (χ2v) is 7.39. The second-order valence-electron chi connectivity index (χ2n) is 6.42. The van der Waals surface area contributed by atoms with Crippen LogP contribution in [0.4, 0.5) is 5.69 Å². The summed E-state index contributed by atoms with van der Waals surface area (Å²) in [5.74, 6) is 0.615. The number of primary amides is 1. The number of thioether (sulfide) groups is 1. The van der Waals surface area contributed by atoms with Gasteiger partial charge in [-0.05, 0) is 31.2 Å². The number of nitrogens with zero attached hydrogens (tertiary/aromatic N) is 2. The Bertz CT molecular complexity index is 1070. The van der Waals surface area contributed by atoms with E-state index in [0.29, 0.717) is 23.2 Å². The molecule has 29 heavy (non-hydrogen) atoms. The molecule has 8 nitrogen and oxygen atoms in total. The molecule has 2 amide bonds. The maximum Gasteiger partial charge on any atom is 0.260 e. The van der Waals surface area contributed by atoms with Gasteiger partial charge < -0.3 is 25.1 Å². The smallest absolute Gasteiger partial charge is 0.260 e. The average Bonchev–Trinajstić information content (AvgIpc) is 3.13. The van der Waals surface area contributed by atoms with Crippen LogP contribution in [0.3, 0.4) is 0 Å². The van der Waals surface area contributed by atoms with Crippen LogP contribution in [0.2, 0.25) is 0 Å². The summed E-state index contributed by atoms with van der Waals surface area (Å²) in [6.07, 6.45) is -0.873. The Hall–Kier alpha value is -3.20. The Morgan fingerprint density at radius 2 is 2.17 bits per heavy atom.